The molecule has 240 valence electrons. The predicted octanol–water partition coefficient (Wildman–Crippen LogP) is 8.89. The Bertz CT molecular complexity index is 1990. The van der Waals surface area contributed by atoms with Crippen LogP contribution in [0.3, 0.4) is 0 Å². The number of aryl methyl sites for hydroxylation is 2. The zero-order valence-corrected chi connectivity index (χ0v) is 27.6. The van der Waals surface area contributed by atoms with Crippen LogP contribution in [0.25, 0.3) is 24.3 Å². The average molecular weight is 666 g/mol. The third kappa shape index (κ3) is 9.84. The summed E-state index contributed by atoms with van der Waals surface area (Å²) in [6, 6.07) is 36.9. The van der Waals surface area contributed by atoms with E-state index < -0.39 is 31.7 Å². The highest BCUT2D eigenvalue weighted by molar-refractivity contribution is 7.85. The molecule has 0 fully saturated rings. The van der Waals surface area contributed by atoms with Gasteiger partial charge in [-0.15, -0.1) is 0 Å². The number of benzene rings is 5. The molecule has 0 saturated heterocycles. The summed E-state index contributed by atoms with van der Waals surface area (Å²) in [6.45, 7) is 4.18. The van der Waals surface area contributed by atoms with E-state index in [1.807, 2.05) is 72.8 Å². The Kier molecular flexibility index (Phi) is 10.2. The number of nitrogens with zero attached hydrogens (tertiary/aromatic N) is 1. The summed E-state index contributed by atoms with van der Waals surface area (Å²) in [5.74, 6) is -0.819. The van der Waals surface area contributed by atoms with E-state index in [4.69, 9.17) is 9.11 Å². The lowest BCUT2D eigenvalue weighted by atomic mass is 10.1. The molecular formula is C38H35NO6S2. The van der Waals surface area contributed by atoms with Gasteiger partial charge in [-0.05, 0) is 83.1 Å². The van der Waals surface area contributed by atoms with Gasteiger partial charge >= 0.3 is 0 Å². The largest absolute Gasteiger partial charge is 0.310 e. The smallest absolute Gasteiger partial charge is 0.269 e. The van der Waals surface area contributed by atoms with Gasteiger partial charge in [-0.1, -0.05) is 115 Å². The Labute approximate surface area is 276 Å². The zero-order chi connectivity index (χ0) is 33.6. The van der Waals surface area contributed by atoms with E-state index in [0.29, 0.717) is 11.1 Å². The van der Waals surface area contributed by atoms with Crippen molar-refractivity contribution < 1.29 is 25.9 Å². The summed E-state index contributed by atoms with van der Waals surface area (Å²) in [5.41, 5.74) is 10.3. The van der Waals surface area contributed by atoms with Crippen LogP contribution >= 0.6 is 0 Å². The van der Waals surface area contributed by atoms with Crippen LogP contribution in [-0.4, -0.2) is 25.9 Å². The lowest BCUT2D eigenvalue weighted by molar-refractivity contribution is 0.479. The highest BCUT2D eigenvalue weighted by Crippen LogP contribution is 2.37. The van der Waals surface area contributed by atoms with Gasteiger partial charge in [-0.2, -0.15) is 16.8 Å². The van der Waals surface area contributed by atoms with Crippen molar-refractivity contribution in [3.8, 4) is 0 Å². The minimum absolute atomic E-state index is 0.409. The van der Waals surface area contributed by atoms with Crippen molar-refractivity contribution >= 4 is 61.6 Å². The molecule has 0 spiro atoms. The van der Waals surface area contributed by atoms with Crippen LogP contribution in [0.2, 0.25) is 0 Å². The fourth-order valence-electron chi connectivity index (χ4n) is 5.21. The molecule has 47 heavy (non-hydrogen) atoms. The van der Waals surface area contributed by atoms with E-state index in [2.05, 4.69) is 61.2 Å². The van der Waals surface area contributed by atoms with Gasteiger partial charge in [-0.25, -0.2) is 0 Å². The maximum absolute atomic E-state index is 11.1. The molecule has 9 heteroatoms. The van der Waals surface area contributed by atoms with Gasteiger partial charge in [0.15, 0.2) is 0 Å². The molecular weight excluding hydrogens is 631 g/mol. The van der Waals surface area contributed by atoms with Crippen molar-refractivity contribution in [1.29, 1.82) is 0 Å². The molecule has 0 amide bonds. The fourth-order valence-corrected chi connectivity index (χ4v) is 6.44. The maximum atomic E-state index is 11.1. The van der Waals surface area contributed by atoms with Gasteiger partial charge in [0.05, 0.1) is 0 Å². The minimum Gasteiger partial charge on any atom is -0.310 e. The van der Waals surface area contributed by atoms with Crippen LogP contribution in [0.5, 0.6) is 0 Å². The topological polar surface area (TPSA) is 112 Å². The van der Waals surface area contributed by atoms with Crippen molar-refractivity contribution in [1.82, 2.24) is 0 Å². The Hall–Kier alpha value is -4.80. The molecule has 5 aromatic carbocycles. The molecule has 2 N–H and O–H groups in total. The SMILES string of the molecule is Cc1ccc(N(c2ccc(/C=C/c3ccc(CS(=O)(=O)O)cc3)cc2)c2ccc(/C=C/c3ccc(CS(=O)(=O)O)cc3)cc2)c(C)c1. The highest BCUT2D eigenvalue weighted by Gasteiger charge is 2.15. The lowest BCUT2D eigenvalue weighted by Crippen LogP contribution is -2.11. The predicted molar refractivity (Wildman–Crippen MR) is 192 cm³/mol. The number of hydrogen-bond donors (Lipinski definition) is 2. The van der Waals surface area contributed by atoms with Crippen LogP contribution in [0.15, 0.2) is 115 Å². The normalized spacial score (nSPS) is 12.2. The van der Waals surface area contributed by atoms with E-state index in [1.54, 1.807) is 24.3 Å². The van der Waals surface area contributed by atoms with E-state index in [9.17, 15) is 16.8 Å². The van der Waals surface area contributed by atoms with Crippen molar-refractivity contribution in [2.24, 2.45) is 0 Å². The Morgan fingerprint density at radius 3 is 1.17 bits per heavy atom. The third-order valence-corrected chi connectivity index (χ3v) is 8.89. The second-order valence-corrected chi connectivity index (χ2v) is 14.3. The van der Waals surface area contributed by atoms with Crippen LogP contribution in [0, 0.1) is 13.8 Å². The zero-order valence-electron chi connectivity index (χ0n) is 26.0. The Balaban J connectivity index is 1.36. The Morgan fingerprint density at radius 1 is 0.511 bits per heavy atom. The van der Waals surface area contributed by atoms with Gasteiger partial charge in [0.25, 0.3) is 20.2 Å². The first-order chi connectivity index (χ1) is 22.3. The molecule has 0 bridgehead atoms. The summed E-state index contributed by atoms with van der Waals surface area (Å²) >= 11 is 0. The summed E-state index contributed by atoms with van der Waals surface area (Å²) in [7, 11) is -8.14. The standard InChI is InChI=1S/C38H35NO6S2/c1-28-3-24-38(29(2)25-28)39(36-20-16-32(17-21-36)6-4-30-8-12-34(13-9-30)26-46(40,41)42)37-22-18-33(19-23-37)7-5-31-10-14-35(15-11-31)27-47(43,44)45/h3-25H,26-27H2,1-2H3,(H,40,41,42)(H,43,44,45)/b6-4+,7-5+. The fraction of sp³-hybridized carbons (Fsp3) is 0.105. The van der Waals surface area contributed by atoms with Gasteiger partial charge in [-0.3, -0.25) is 9.11 Å². The van der Waals surface area contributed by atoms with Crippen molar-refractivity contribution in [3.63, 3.8) is 0 Å². The average Bonchev–Trinajstić information content (AvgIpc) is 3.01. The molecule has 0 aliphatic heterocycles. The minimum atomic E-state index is -4.07. The van der Waals surface area contributed by atoms with Gasteiger partial charge in [0.1, 0.15) is 11.5 Å². The molecule has 7 nitrogen and oxygen atoms in total. The van der Waals surface area contributed by atoms with Crippen molar-refractivity contribution in [2.45, 2.75) is 25.4 Å². The summed E-state index contributed by atoms with van der Waals surface area (Å²) in [5, 5.41) is 0. The maximum Gasteiger partial charge on any atom is 0.269 e. The lowest BCUT2D eigenvalue weighted by Gasteiger charge is -2.27. The second kappa shape index (κ2) is 14.3. The van der Waals surface area contributed by atoms with Gasteiger partial charge in [0, 0.05) is 17.1 Å². The summed E-state index contributed by atoms with van der Waals surface area (Å²) < 4.78 is 62.7. The van der Waals surface area contributed by atoms with E-state index in [1.165, 1.54) is 5.56 Å². The van der Waals surface area contributed by atoms with Crippen LogP contribution in [0.4, 0.5) is 17.1 Å². The van der Waals surface area contributed by atoms with Gasteiger partial charge in [0.2, 0.25) is 0 Å². The van der Waals surface area contributed by atoms with Crippen LogP contribution in [0.1, 0.15) is 44.5 Å². The summed E-state index contributed by atoms with van der Waals surface area (Å²) in [6.07, 6.45) is 7.89. The molecule has 0 atom stereocenters. The summed E-state index contributed by atoms with van der Waals surface area (Å²) in [4.78, 5) is 2.22. The first-order valence-corrected chi connectivity index (χ1v) is 18.1. The van der Waals surface area contributed by atoms with Crippen molar-refractivity contribution in [3.05, 3.63) is 160 Å². The quantitative estimate of drug-likeness (QED) is 0.107. The number of hydrogen-bond acceptors (Lipinski definition) is 5. The first kappa shape index (κ1) is 33.6. The van der Waals surface area contributed by atoms with E-state index in [-0.39, 0.29) is 0 Å². The number of rotatable bonds is 11. The highest BCUT2D eigenvalue weighted by atomic mass is 32.2. The van der Waals surface area contributed by atoms with Crippen LogP contribution in [-0.2, 0) is 31.7 Å². The van der Waals surface area contributed by atoms with Gasteiger partial charge < -0.3 is 4.90 Å². The first-order valence-electron chi connectivity index (χ1n) is 14.8. The molecule has 5 aromatic rings. The van der Waals surface area contributed by atoms with E-state index in [0.717, 1.165) is 44.9 Å². The molecule has 0 aliphatic carbocycles. The monoisotopic (exact) mass is 665 g/mol. The number of anilines is 3. The molecule has 0 radical (unpaired) electrons. The third-order valence-electron chi connectivity index (χ3n) is 7.49. The Morgan fingerprint density at radius 2 is 0.851 bits per heavy atom. The molecule has 0 heterocycles. The molecule has 0 unspecified atom stereocenters. The van der Waals surface area contributed by atoms with E-state index >= 15 is 0 Å². The molecule has 5 rings (SSSR count). The molecule has 0 saturated carbocycles. The molecule has 0 aliphatic rings. The molecule has 0 aromatic heterocycles. The van der Waals surface area contributed by atoms with Crippen molar-refractivity contribution in [2.75, 3.05) is 4.90 Å². The second-order valence-electron chi connectivity index (χ2n) is 11.4. The van der Waals surface area contributed by atoms with Crippen LogP contribution < -0.4 is 4.90 Å².